The number of hydrogen-bond acceptors (Lipinski definition) is 3. The summed E-state index contributed by atoms with van der Waals surface area (Å²) >= 11 is 0. The van der Waals surface area contributed by atoms with E-state index in [1.807, 2.05) is 0 Å². The van der Waals surface area contributed by atoms with Crippen molar-refractivity contribution >= 4 is 0 Å². The summed E-state index contributed by atoms with van der Waals surface area (Å²) in [5.41, 5.74) is 0.0271. The van der Waals surface area contributed by atoms with Gasteiger partial charge in [-0.3, -0.25) is 0 Å². The molecule has 1 aliphatic rings. The maximum absolute atomic E-state index is 13.8. The molecule has 0 aliphatic carbocycles. The highest BCUT2D eigenvalue weighted by Gasteiger charge is 2.21. The molecule has 0 radical (unpaired) electrons. The highest BCUT2D eigenvalue weighted by molar-refractivity contribution is 5.34. The number of rotatable bonds is 4. The maximum Gasteiger partial charge on any atom is 0.131 e. The van der Waals surface area contributed by atoms with Crippen LogP contribution in [0, 0.1) is 23.0 Å². The number of benzene rings is 1. The van der Waals surface area contributed by atoms with Gasteiger partial charge in [0.1, 0.15) is 11.6 Å². The predicted molar refractivity (Wildman–Crippen MR) is 77.6 cm³/mol. The van der Waals surface area contributed by atoms with Crippen molar-refractivity contribution in [3.63, 3.8) is 0 Å². The largest absolute Gasteiger partial charge is 0.310 e. The second-order valence-electron chi connectivity index (χ2n) is 5.82. The van der Waals surface area contributed by atoms with E-state index in [1.54, 1.807) is 6.07 Å². The second-order valence-corrected chi connectivity index (χ2v) is 5.82. The zero-order valence-corrected chi connectivity index (χ0v) is 12.5. The summed E-state index contributed by atoms with van der Waals surface area (Å²) in [6, 6.07) is 4.75. The van der Waals surface area contributed by atoms with Crippen molar-refractivity contribution < 1.29 is 8.78 Å². The van der Waals surface area contributed by atoms with Crippen LogP contribution in [0.1, 0.15) is 37.8 Å². The summed E-state index contributed by atoms with van der Waals surface area (Å²) < 4.78 is 27.6. The number of halogens is 2. The van der Waals surface area contributed by atoms with Gasteiger partial charge in [-0.05, 0) is 51.9 Å². The van der Waals surface area contributed by atoms with Crippen molar-refractivity contribution in [1.29, 1.82) is 5.26 Å². The molecule has 0 atom stereocenters. The molecule has 2 rings (SSSR count). The third-order valence-electron chi connectivity index (χ3n) is 4.10. The number of piperidine rings is 1. The van der Waals surface area contributed by atoms with Crippen LogP contribution >= 0.6 is 0 Å². The summed E-state index contributed by atoms with van der Waals surface area (Å²) in [4.78, 5) is 2.40. The van der Waals surface area contributed by atoms with Crippen molar-refractivity contribution in [2.75, 3.05) is 13.1 Å². The Morgan fingerprint density at radius 2 is 1.86 bits per heavy atom. The average Bonchev–Trinajstić information content (AvgIpc) is 2.46. The Hall–Kier alpha value is -1.51. The monoisotopic (exact) mass is 293 g/mol. The Kier molecular flexibility index (Phi) is 5.27. The lowest BCUT2D eigenvalue weighted by molar-refractivity contribution is 0.160. The minimum atomic E-state index is -0.654. The van der Waals surface area contributed by atoms with Gasteiger partial charge in [-0.1, -0.05) is 0 Å². The summed E-state index contributed by atoms with van der Waals surface area (Å²) in [5.74, 6) is -1.31. The molecule has 1 saturated heterocycles. The molecule has 1 aliphatic heterocycles. The van der Waals surface area contributed by atoms with Crippen LogP contribution in [0.5, 0.6) is 0 Å². The van der Waals surface area contributed by atoms with E-state index in [4.69, 9.17) is 5.26 Å². The van der Waals surface area contributed by atoms with Crippen LogP contribution < -0.4 is 5.32 Å². The molecule has 3 nitrogen and oxygen atoms in total. The van der Waals surface area contributed by atoms with E-state index in [2.05, 4.69) is 24.1 Å². The molecule has 1 N–H and O–H groups in total. The molecule has 5 heteroatoms. The lowest BCUT2D eigenvalue weighted by Gasteiger charge is -2.35. The standard InChI is InChI=1S/C16H21F2N3/c1-11(2)21-5-3-13(4-6-21)20-10-14-15(17)7-12(9-19)8-16(14)18/h7-8,11,13,20H,3-6,10H2,1-2H3. The first-order valence-corrected chi connectivity index (χ1v) is 7.36. The van der Waals surface area contributed by atoms with Crippen molar-refractivity contribution in [2.24, 2.45) is 0 Å². The number of nitrogens with one attached hydrogen (secondary N) is 1. The molecule has 0 amide bonds. The first-order valence-electron chi connectivity index (χ1n) is 7.36. The highest BCUT2D eigenvalue weighted by Crippen LogP contribution is 2.17. The van der Waals surface area contributed by atoms with Crippen molar-refractivity contribution in [3.05, 3.63) is 34.9 Å². The fourth-order valence-electron chi connectivity index (χ4n) is 2.70. The Morgan fingerprint density at radius 3 is 2.33 bits per heavy atom. The molecule has 21 heavy (non-hydrogen) atoms. The van der Waals surface area contributed by atoms with Crippen LogP contribution in [-0.2, 0) is 6.54 Å². The van der Waals surface area contributed by atoms with Gasteiger partial charge in [0.15, 0.2) is 0 Å². The number of likely N-dealkylation sites (tertiary alicyclic amines) is 1. The first kappa shape index (κ1) is 15.9. The molecule has 0 saturated carbocycles. The SMILES string of the molecule is CC(C)N1CCC(NCc2c(F)cc(C#N)cc2F)CC1. The minimum Gasteiger partial charge on any atom is -0.310 e. The predicted octanol–water partition coefficient (Wildman–Crippen LogP) is 2.80. The minimum absolute atomic E-state index is 0.0130. The average molecular weight is 293 g/mol. The van der Waals surface area contributed by atoms with Crippen LogP contribution in [-0.4, -0.2) is 30.1 Å². The van der Waals surface area contributed by atoms with Crippen molar-refractivity contribution in [3.8, 4) is 6.07 Å². The lowest BCUT2D eigenvalue weighted by Crippen LogP contribution is -2.44. The van der Waals surface area contributed by atoms with Crippen LogP contribution in [0.4, 0.5) is 8.78 Å². The number of nitrogens with zero attached hydrogens (tertiary/aromatic N) is 2. The molecular formula is C16H21F2N3. The quantitative estimate of drug-likeness (QED) is 0.928. The fraction of sp³-hybridized carbons (Fsp3) is 0.562. The molecule has 1 fully saturated rings. The van der Waals surface area contributed by atoms with E-state index < -0.39 is 11.6 Å². The van der Waals surface area contributed by atoms with Gasteiger partial charge >= 0.3 is 0 Å². The number of hydrogen-bond donors (Lipinski definition) is 1. The molecule has 114 valence electrons. The third-order valence-corrected chi connectivity index (χ3v) is 4.10. The van der Waals surface area contributed by atoms with Gasteiger partial charge in [0.2, 0.25) is 0 Å². The summed E-state index contributed by atoms with van der Waals surface area (Å²) in [7, 11) is 0. The van der Waals surface area contributed by atoms with E-state index in [1.165, 1.54) is 0 Å². The van der Waals surface area contributed by atoms with Crippen LogP contribution in [0.2, 0.25) is 0 Å². The van der Waals surface area contributed by atoms with Crippen molar-refractivity contribution in [1.82, 2.24) is 10.2 Å². The molecule has 0 spiro atoms. The topological polar surface area (TPSA) is 39.1 Å². The van der Waals surface area contributed by atoms with E-state index in [-0.39, 0.29) is 23.7 Å². The Labute approximate surface area is 124 Å². The van der Waals surface area contributed by atoms with Crippen LogP contribution in [0.15, 0.2) is 12.1 Å². The van der Waals surface area contributed by atoms with Gasteiger partial charge in [0.25, 0.3) is 0 Å². The normalized spacial score (nSPS) is 17.1. The summed E-state index contributed by atoms with van der Waals surface area (Å²) in [5, 5.41) is 11.9. The summed E-state index contributed by atoms with van der Waals surface area (Å²) in [6.45, 7) is 6.53. The van der Waals surface area contributed by atoms with Crippen molar-refractivity contribution in [2.45, 2.75) is 45.3 Å². The Bertz CT molecular complexity index is 506. The first-order chi connectivity index (χ1) is 10.0. The lowest BCUT2D eigenvalue weighted by atomic mass is 10.0. The van der Waals surface area contributed by atoms with Gasteiger partial charge in [0.05, 0.1) is 11.6 Å². The van der Waals surface area contributed by atoms with Gasteiger partial charge in [-0.2, -0.15) is 5.26 Å². The molecule has 0 unspecified atom stereocenters. The molecule has 0 bridgehead atoms. The third kappa shape index (κ3) is 3.99. The van der Waals surface area contributed by atoms with Gasteiger partial charge in [-0.15, -0.1) is 0 Å². The molecule has 1 aromatic carbocycles. The van der Waals surface area contributed by atoms with Crippen LogP contribution in [0.25, 0.3) is 0 Å². The Morgan fingerprint density at radius 1 is 1.29 bits per heavy atom. The smallest absolute Gasteiger partial charge is 0.131 e. The van der Waals surface area contributed by atoms with Gasteiger partial charge in [-0.25, -0.2) is 8.78 Å². The molecular weight excluding hydrogens is 272 g/mol. The summed E-state index contributed by atoms with van der Waals surface area (Å²) in [6.07, 6.45) is 1.97. The molecule has 1 heterocycles. The van der Waals surface area contributed by atoms with Crippen LogP contribution in [0.3, 0.4) is 0 Å². The van der Waals surface area contributed by atoms with Gasteiger partial charge in [0, 0.05) is 24.2 Å². The van der Waals surface area contributed by atoms with Gasteiger partial charge < -0.3 is 10.2 Å². The van der Waals surface area contributed by atoms with E-state index in [0.717, 1.165) is 38.1 Å². The zero-order valence-electron chi connectivity index (χ0n) is 12.5. The fourth-order valence-corrected chi connectivity index (χ4v) is 2.70. The van der Waals surface area contributed by atoms with E-state index in [0.29, 0.717) is 6.04 Å². The Balaban J connectivity index is 1.91. The molecule has 0 aromatic heterocycles. The number of nitriles is 1. The van der Waals surface area contributed by atoms with E-state index >= 15 is 0 Å². The zero-order chi connectivity index (χ0) is 15.4. The second kappa shape index (κ2) is 6.97. The highest BCUT2D eigenvalue weighted by atomic mass is 19.1. The van der Waals surface area contributed by atoms with E-state index in [9.17, 15) is 8.78 Å². The molecule has 1 aromatic rings. The maximum atomic E-state index is 13.8.